The molecule has 0 amide bonds. The molecule has 1 aromatic rings. The Morgan fingerprint density at radius 2 is 1.62 bits per heavy atom. The average Bonchev–Trinajstić information content (AvgIpc) is 2.13. The normalized spacial score (nSPS) is 12.6. The van der Waals surface area contributed by atoms with Gasteiger partial charge in [-0.25, -0.2) is 9.97 Å². The summed E-state index contributed by atoms with van der Waals surface area (Å²) in [6, 6.07) is 0. The van der Waals surface area contributed by atoms with Crippen LogP contribution < -0.4 is 5.32 Å². The molecular formula is C12H21N3O. The van der Waals surface area contributed by atoms with Crippen LogP contribution in [0, 0.1) is 0 Å². The summed E-state index contributed by atoms with van der Waals surface area (Å²) in [4.78, 5) is 8.43. The third-order valence-corrected chi connectivity index (χ3v) is 2.20. The Bertz CT molecular complexity index is 333. The predicted molar refractivity (Wildman–Crippen MR) is 65.5 cm³/mol. The summed E-state index contributed by atoms with van der Waals surface area (Å²) in [6.07, 6.45) is 3.64. The fourth-order valence-corrected chi connectivity index (χ4v) is 1.10. The smallest absolute Gasteiger partial charge is 0.222 e. The summed E-state index contributed by atoms with van der Waals surface area (Å²) in [5, 5.41) is 12.5. The zero-order chi connectivity index (χ0) is 12.4. The SMILES string of the molecule is CC(C)(O)CNc1ncc(C(C)(C)C)cn1. The van der Waals surface area contributed by atoms with Gasteiger partial charge in [-0.2, -0.15) is 0 Å². The Kier molecular flexibility index (Phi) is 3.53. The van der Waals surface area contributed by atoms with Crippen LogP contribution in [0.4, 0.5) is 5.95 Å². The molecule has 0 unspecified atom stereocenters. The lowest BCUT2D eigenvalue weighted by Gasteiger charge is -2.19. The molecule has 0 aromatic carbocycles. The summed E-state index contributed by atoms with van der Waals surface area (Å²) in [5.41, 5.74) is 0.405. The van der Waals surface area contributed by atoms with Crippen molar-refractivity contribution in [1.29, 1.82) is 0 Å². The molecule has 0 radical (unpaired) electrons. The number of aliphatic hydroxyl groups is 1. The van der Waals surface area contributed by atoms with E-state index in [1.165, 1.54) is 0 Å². The van der Waals surface area contributed by atoms with Crippen molar-refractivity contribution in [3.05, 3.63) is 18.0 Å². The first-order valence-electron chi connectivity index (χ1n) is 5.47. The van der Waals surface area contributed by atoms with Crippen LogP contribution in [0.5, 0.6) is 0 Å². The highest BCUT2D eigenvalue weighted by molar-refractivity contribution is 5.27. The van der Waals surface area contributed by atoms with Crippen molar-refractivity contribution in [2.24, 2.45) is 0 Å². The second-order valence-corrected chi connectivity index (χ2v) is 5.71. The van der Waals surface area contributed by atoms with Crippen molar-refractivity contribution in [2.45, 2.75) is 45.6 Å². The first-order valence-corrected chi connectivity index (χ1v) is 5.47. The van der Waals surface area contributed by atoms with Crippen LogP contribution in [-0.2, 0) is 5.41 Å². The van der Waals surface area contributed by atoms with Crippen molar-refractivity contribution in [1.82, 2.24) is 9.97 Å². The quantitative estimate of drug-likeness (QED) is 0.822. The van der Waals surface area contributed by atoms with Crippen LogP contribution in [0.2, 0.25) is 0 Å². The van der Waals surface area contributed by atoms with E-state index < -0.39 is 5.60 Å². The molecule has 4 heteroatoms. The van der Waals surface area contributed by atoms with Crippen LogP contribution >= 0.6 is 0 Å². The number of hydrogen-bond donors (Lipinski definition) is 2. The summed E-state index contributed by atoms with van der Waals surface area (Å²) in [6.45, 7) is 10.3. The van der Waals surface area contributed by atoms with Crippen molar-refractivity contribution < 1.29 is 5.11 Å². The molecule has 4 nitrogen and oxygen atoms in total. The van der Waals surface area contributed by atoms with Gasteiger partial charge in [0.25, 0.3) is 0 Å². The Labute approximate surface area is 97.1 Å². The minimum absolute atomic E-state index is 0.0643. The third kappa shape index (κ3) is 4.14. The molecule has 1 heterocycles. The lowest BCUT2D eigenvalue weighted by molar-refractivity contribution is 0.0943. The number of anilines is 1. The molecule has 90 valence electrons. The van der Waals surface area contributed by atoms with Crippen LogP contribution in [0.25, 0.3) is 0 Å². The molecule has 1 rings (SSSR count). The van der Waals surface area contributed by atoms with E-state index in [1.54, 1.807) is 13.8 Å². The monoisotopic (exact) mass is 223 g/mol. The zero-order valence-electron chi connectivity index (χ0n) is 10.7. The fraction of sp³-hybridized carbons (Fsp3) is 0.667. The van der Waals surface area contributed by atoms with Gasteiger partial charge in [0.15, 0.2) is 0 Å². The van der Waals surface area contributed by atoms with Gasteiger partial charge in [0, 0.05) is 18.9 Å². The Balaban J connectivity index is 2.66. The first kappa shape index (κ1) is 12.9. The van der Waals surface area contributed by atoms with E-state index in [1.807, 2.05) is 12.4 Å². The lowest BCUT2D eigenvalue weighted by Crippen LogP contribution is -2.30. The van der Waals surface area contributed by atoms with Crippen molar-refractivity contribution >= 4 is 5.95 Å². The second-order valence-electron chi connectivity index (χ2n) is 5.71. The molecule has 0 saturated carbocycles. The highest BCUT2D eigenvalue weighted by atomic mass is 16.3. The lowest BCUT2D eigenvalue weighted by atomic mass is 9.89. The minimum atomic E-state index is -0.758. The highest BCUT2D eigenvalue weighted by Crippen LogP contribution is 2.20. The van der Waals surface area contributed by atoms with Gasteiger partial charge in [0.1, 0.15) is 0 Å². The standard InChI is InChI=1S/C12H21N3O/c1-11(2,3)9-6-13-10(14-7-9)15-8-12(4,5)16/h6-7,16H,8H2,1-5H3,(H,13,14,15). The zero-order valence-corrected chi connectivity index (χ0v) is 10.7. The summed E-state index contributed by atoms with van der Waals surface area (Å²) in [7, 11) is 0. The van der Waals surface area contributed by atoms with Crippen molar-refractivity contribution in [3.63, 3.8) is 0 Å². The van der Waals surface area contributed by atoms with Gasteiger partial charge in [0.2, 0.25) is 5.95 Å². The minimum Gasteiger partial charge on any atom is -0.389 e. The number of hydrogen-bond acceptors (Lipinski definition) is 4. The molecule has 0 fully saturated rings. The molecule has 1 aromatic heterocycles. The number of nitrogens with one attached hydrogen (secondary N) is 1. The van der Waals surface area contributed by atoms with Crippen LogP contribution in [0.3, 0.4) is 0 Å². The number of nitrogens with zero attached hydrogens (tertiary/aromatic N) is 2. The van der Waals surface area contributed by atoms with E-state index in [2.05, 4.69) is 36.1 Å². The third-order valence-electron chi connectivity index (χ3n) is 2.20. The summed E-state index contributed by atoms with van der Waals surface area (Å²) in [5.74, 6) is 0.551. The largest absolute Gasteiger partial charge is 0.389 e. The topological polar surface area (TPSA) is 58.0 Å². The molecule has 0 bridgehead atoms. The molecule has 2 N–H and O–H groups in total. The van der Waals surface area contributed by atoms with E-state index in [0.29, 0.717) is 12.5 Å². The van der Waals surface area contributed by atoms with E-state index >= 15 is 0 Å². The molecule has 16 heavy (non-hydrogen) atoms. The molecule has 0 atom stereocenters. The molecule has 0 spiro atoms. The van der Waals surface area contributed by atoms with Gasteiger partial charge in [0.05, 0.1) is 5.60 Å². The first-order chi connectivity index (χ1) is 7.18. The van der Waals surface area contributed by atoms with E-state index in [-0.39, 0.29) is 5.41 Å². The molecule has 0 aliphatic carbocycles. The van der Waals surface area contributed by atoms with Gasteiger partial charge in [-0.1, -0.05) is 20.8 Å². The maximum Gasteiger partial charge on any atom is 0.222 e. The van der Waals surface area contributed by atoms with E-state index in [9.17, 15) is 5.11 Å². The van der Waals surface area contributed by atoms with Gasteiger partial charge in [-0.15, -0.1) is 0 Å². The number of rotatable bonds is 3. The Morgan fingerprint density at radius 3 is 2.00 bits per heavy atom. The maximum atomic E-state index is 9.54. The van der Waals surface area contributed by atoms with Gasteiger partial charge in [-0.05, 0) is 24.8 Å². The van der Waals surface area contributed by atoms with Crippen LogP contribution in [0.1, 0.15) is 40.2 Å². The van der Waals surface area contributed by atoms with Crippen molar-refractivity contribution in [2.75, 3.05) is 11.9 Å². The Hall–Kier alpha value is -1.16. The summed E-state index contributed by atoms with van der Waals surface area (Å²) >= 11 is 0. The number of aromatic nitrogens is 2. The van der Waals surface area contributed by atoms with E-state index in [4.69, 9.17) is 0 Å². The second kappa shape index (κ2) is 4.37. The maximum absolute atomic E-state index is 9.54. The molecule has 0 aliphatic rings. The highest BCUT2D eigenvalue weighted by Gasteiger charge is 2.15. The summed E-state index contributed by atoms with van der Waals surface area (Å²) < 4.78 is 0. The van der Waals surface area contributed by atoms with Crippen molar-refractivity contribution in [3.8, 4) is 0 Å². The van der Waals surface area contributed by atoms with Crippen LogP contribution in [0.15, 0.2) is 12.4 Å². The Morgan fingerprint density at radius 1 is 1.12 bits per heavy atom. The average molecular weight is 223 g/mol. The predicted octanol–water partition coefficient (Wildman–Crippen LogP) is 1.96. The molecular weight excluding hydrogens is 202 g/mol. The van der Waals surface area contributed by atoms with Gasteiger partial charge >= 0.3 is 0 Å². The van der Waals surface area contributed by atoms with Gasteiger partial charge < -0.3 is 10.4 Å². The van der Waals surface area contributed by atoms with E-state index in [0.717, 1.165) is 5.56 Å². The molecule has 0 saturated heterocycles. The fourth-order valence-electron chi connectivity index (χ4n) is 1.10. The van der Waals surface area contributed by atoms with Gasteiger partial charge in [-0.3, -0.25) is 0 Å². The van der Waals surface area contributed by atoms with Crippen LogP contribution in [-0.4, -0.2) is 27.2 Å². The molecule has 0 aliphatic heterocycles.